The lowest BCUT2D eigenvalue weighted by atomic mass is 9.95. The highest BCUT2D eigenvalue weighted by Gasteiger charge is 2.26. The molecule has 148 valence electrons. The lowest BCUT2D eigenvalue weighted by molar-refractivity contribution is -0.132. The van der Waals surface area contributed by atoms with E-state index >= 15 is 0 Å². The summed E-state index contributed by atoms with van der Waals surface area (Å²) >= 11 is 0. The highest BCUT2D eigenvalue weighted by atomic mass is 16.5. The highest BCUT2D eigenvalue weighted by molar-refractivity contribution is 5.76. The third-order valence-corrected chi connectivity index (χ3v) is 5.78. The number of hydrogen-bond donors (Lipinski definition) is 0. The van der Waals surface area contributed by atoms with Crippen molar-refractivity contribution in [2.45, 2.75) is 59.0 Å². The first-order valence-corrected chi connectivity index (χ1v) is 9.79. The first-order chi connectivity index (χ1) is 13.0. The number of aromatic nitrogens is 4. The number of rotatable bonds is 7. The summed E-state index contributed by atoms with van der Waals surface area (Å²) < 4.78 is 9.32. The highest BCUT2D eigenvalue weighted by Crippen LogP contribution is 2.27. The summed E-state index contributed by atoms with van der Waals surface area (Å²) in [6.45, 7) is 9.93. The van der Waals surface area contributed by atoms with Crippen LogP contribution in [0.1, 0.15) is 48.0 Å². The molecular formula is C20H31N5O2. The zero-order valence-electron chi connectivity index (χ0n) is 16.9. The van der Waals surface area contributed by atoms with Gasteiger partial charge >= 0.3 is 0 Å². The van der Waals surface area contributed by atoms with Crippen molar-refractivity contribution in [2.24, 2.45) is 0 Å². The molecule has 27 heavy (non-hydrogen) atoms. The molecule has 2 aromatic heterocycles. The number of likely N-dealkylation sites (tertiary alicyclic amines) is 1. The van der Waals surface area contributed by atoms with Crippen molar-refractivity contribution in [1.29, 1.82) is 0 Å². The van der Waals surface area contributed by atoms with Crippen LogP contribution in [0.5, 0.6) is 0 Å². The van der Waals surface area contributed by atoms with Crippen LogP contribution in [0.25, 0.3) is 0 Å². The fourth-order valence-corrected chi connectivity index (χ4v) is 3.81. The fraction of sp³-hybridized carbons (Fsp3) is 0.650. The molecule has 7 heteroatoms. The van der Waals surface area contributed by atoms with Crippen molar-refractivity contribution < 1.29 is 9.53 Å². The quantitative estimate of drug-likeness (QED) is 0.748. The minimum Gasteiger partial charge on any atom is -0.383 e. The van der Waals surface area contributed by atoms with Crippen LogP contribution in [-0.2, 0) is 22.6 Å². The Morgan fingerprint density at radius 3 is 2.59 bits per heavy atom. The van der Waals surface area contributed by atoms with Gasteiger partial charge in [0.05, 0.1) is 12.3 Å². The van der Waals surface area contributed by atoms with Crippen LogP contribution in [-0.4, -0.2) is 56.9 Å². The first kappa shape index (κ1) is 19.6. The van der Waals surface area contributed by atoms with Gasteiger partial charge in [-0.05, 0) is 39.2 Å². The van der Waals surface area contributed by atoms with Crippen molar-refractivity contribution in [3.8, 4) is 0 Å². The summed E-state index contributed by atoms with van der Waals surface area (Å²) in [6, 6.07) is 0. The van der Waals surface area contributed by atoms with Crippen LogP contribution in [0.15, 0.2) is 12.4 Å². The van der Waals surface area contributed by atoms with E-state index in [0.29, 0.717) is 25.5 Å². The van der Waals surface area contributed by atoms with E-state index in [9.17, 15) is 4.79 Å². The normalized spacial score (nSPS) is 15.5. The molecule has 0 atom stereocenters. The number of carbonyl (C=O) groups excluding carboxylic acids is 1. The Bertz CT molecular complexity index is 771. The van der Waals surface area contributed by atoms with E-state index in [1.807, 2.05) is 28.9 Å². The van der Waals surface area contributed by atoms with E-state index in [0.717, 1.165) is 49.7 Å². The van der Waals surface area contributed by atoms with Crippen LogP contribution < -0.4 is 0 Å². The molecule has 2 aromatic rings. The third kappa shape index (κ3) is 4.40. The Morgan fingerprint density at radius 2 is 1.96 bits per heavy atom. The third-order valence-electron chi connectivity index (χ3n) is 5.78. The molecule has 1 aliphatic heterocycles. The number of imidazole rings is 1. The summed E-state index contributed by atoms with van der Waals surface area (Å²) in [4.78, 5) is 19.2. The van der Waals surface area contributed by atoms with Crippen molar-refractivity contribution in [3.05, 3.63) is 35.2 Å². The molecule has 1 fully saturated rings. The first-order valence-electron chi connectivity index (χ1n) is 9.79. The number of piperidine rings is 1. The molecule has 3 heterocycles. The average molecular weight is 374 g/mol. The van der Waals surface area contributed by atoms with Crippen molar-refractivity contribution >= 4 is 5.91 Å². The second-order valence-electron chi connectivity index (χ2n) is 7.40. The molecular weight excluding hydrogens is 342 g/mol. The number of carbonyl (C=O) groups is 1. The predicted molar refractivity (Wildman–Crippen MR) is 104 cm³/mol. The molecule has 0 N–H and O–H groups in total. The smallest absolute Gasteiger partial charge is 0.224 e. The Labute approximate surface area is 161 Å². The van der Waals surface area contributed by atoms with Gasteiger partial charge in [0.15, 0.2) is 0 Å². The fourth-order valence-electron chi connectivity index (χ4n) is 3.81. The van der Waals surface area contributed by atoms with Crippen LogP contribution in [0.2, 0.25) is 0 Å². The molecule has 1 saturated heterocycles. The Morgan fingerprint density at radius 1 is 1.22 bits per heavy atom. The topological polar surface area (TPSA) is 65.2 Å². The molecule has 1 aliphatic rings. The number of aryl methyl sites for hydroxylation is 2. The van der Waals surface area contributed by atoms with E-state index in [-0.39, 0.29) is 5.91 Å². The summed E-state index contributed by atoms with van der Waals surface area (Å²) in [5, 5.41) is 4.53. The van der Waals surface area contributed by atoms with Crippen LogP contribution in [0, 0.1) is 20.8 Å². The van der Waals surface area contributed by atoms with Gasteiger partial charge < -0.3 is 14.2 Å². The lowest BCUT2D eigenvalue weighted by Crippen LogP contribution is -2.38. The lowest BCUT2D eigenvalue weighted by Gasteiger charge is -2.32. The minimum absolute atomic E-state index is 0.224. The standard InChI is InChI=1S/C20H31N5O2/c1-15-16(2)22-25(17(15)3)11-7-19(26)23-9-5-18(6-10-23)20-21-8-12-24(20)13-14-27-4/h8,12,18H,5-7,9-11,13-14H2,1-4H3. The molecule has 1 amide bonds. The zero-order chi connectivity index (χ0) is 19.4. The number of hydrogen-bond acceptors (Lipinski definition) is 4. The maximum Gasteiger partial charge on any atom is 0.224 e. The SMILES string of the molecule is COCCn1ccnc1C1CCN(C(=O)CCn2nc(C)c(C)c2C)CC1. The molecule has 0 aliphatic carbocycles. The summed E-state index contributed by atoms with van der Waals surface area (Å²) in [6.07, 6.45) is 6.32. The van der Waals surface area contributed by atoms with Gasteiger partial charge in [0, 0.05) is 63.7 Å². The number of ether oxygens (including phenoxy) is 1. The van der Waals surface area contributed by atoms with Gasteiger partial charge in [-0.25, -0.2) is 4.98 Å². The van der Waals surface area contributed by atoms with Gasteiger partial charge in [0.1, 0.15) is 5.82 Å². The van der Waals surface area contributed by atoms with Crippen LogP contribution in [0.3, 0.4) is 0 Å². The van der Waals surface area contributed by atoms with Gasteiger partial charge in [0.25, 0.3) is 0 Å². The second-order valence-corrected chi connectivity index (χ2v) is 7.40. The number of amides is 1. The Kier molecular flexibility index (Phi) is 6.31. The van der Waals surface area contributed by atoms with E-state index in [1.165, 1.54) is 5.56 Å². The monoisotopic (exact) mass is 373 g/mol. The van der Waals surface area contributed by atoms with Gasteiger partial charge in [-0.3, -0.25) is 9.48 Å². The molecule has 0 bridgehead atoms. The largest absolute Gasteiger partial charge is 0.383 e. The van der Waals surface area contributed by atoms with Gasteiger partial charge in [0.2, 0.25) is 5.91 Å². The molecule has 3 rings (SSSR count). The van der Waals surface area contributed by atoms with Crippen molar-refractivity contribution in [1.82, 2.24) is 24.2 Å². The van der Waals surface area contributed by atoms with Gasteiger partial charge in [-0.1, -0.05) is 0 Å². The molecule has 0 aromatic carbocycles. The van der Waals surface area contributed by atoms with Crippen LogP contribution in [0.4, 0.5) is 0 Å². The van der Waals surface area contributed by atoms with Gasteiger partial charge in [-0.2, -0.15) is 5.10 Å². The van der Waals surface area contributed by atoms with E-state index < -0.39 is 0 Å². The van der Waals surface area contributed by atoms with E-state index in [1.54, 1.807) is 7.11 Å². The van der Waals surface area contributed by atoms with Crippen molar-refractivity contribution in [2.75, 3.05) is 26.8 Å². The molecule has 0 saturated carbocycles. The summed E-state index contributed by atoms with van der Waals surface area (Å²) in [5.41, 5.74) is 3.42. The molecule has 0 spiro atoms. The summed E-state index contributed by atoms with van der Waals surface area (Å²) in [7, 11) is 1.72. The number of methoxy groups -OCH3 is 1. The minimum atomic E-state index is 0.224. The maximum absolute atomic E-state index is 12.6. The Hall–Kier alpha value is -2.15. The summed E-state index contributed by atoms with van der Waals surface area (Å²) in [5.74, 6) is 1.76. The molecule has 7 nitrogen and oxygen atoms in total. The van der Waals surface area contributed by atoms with Crippen LogP contribution >= 0.6 is 0 Å². The predicted octanol–water partition coefficient (Wildman–Crippen LogP) is 2.45. The Balaban J connectivity index is 1.51. The van der Waals surface area contributed by atoms with Crippen molar-refractivity contribution in [3.63, 3.8) is 0 Å². The average Bonchev–Trinajstić information content (AvgIpc) is 3.25. The van der Waals surface area contributed by atoms with Gasteiger partial charge in [-0.15, -0.1) is 0 Å². The second kappa shape index (κ2) is 8.69. The van der Waals surface area contributed by atoms with E-state index in [2.05, 4.69) is 28.5 Å². The maximum atomic E-state index is 12.6. The number of nitrogens with zero attached hydrogens (tertiary/aromatic N) is 5. The molecule has 0 radical (unpaired) electrons. The zero-order valence-corrected chi connectivity index (χ0v) is 16.9. The molecule has 0 unspecified atom stereocenters. The van der Waals surface area contributed by atoms with E-state index in [4.69, 9.17) is 4.74 Å².